The highest BCUT2D eigenvalue weighted by Crippen LogP contribution is 2.29. The average Bonchev–Trinajstić information content (AvgIpc) is 3.24. The van der Waals surface area contributed by atoms with E-state index in [1.165, 1.54) is 0 Å². The molecule has 0 saturated carbocycles. The molecule has 0 unspecified atom stereocenters. The lowest BCUT2D eigenvalue weighted by molar-refractivity contribution is 0.0303. The summed E-state index contributed by atoms with van der Waals surface area (Å²) in [6.45, 7) is 2.43. The van der Waals surface area contributed by atoms with E-state index in [-0.39, 0.29) is 5.91 Å². The summed E-state index contributed by atoms with van der Waals surface area (Å²) in [4.78, 5) is 26.9. The largest absolute Gasteiger partial charge is 0.399 e. The fourth-order valence-corrected chi connectivity index (χ4v) is 3.71. The van der Waals surface area contributed by atoms with Crippen LogP contribution in [0.25, 0.3) is 33.7 Å². The van der Waals surface area contributed by atoms with Gasteiger partial charge in [0.15, 0.2) is 5.65 Å². The molecule has 0 bridgehead atoms. The van der Waals surface area contributed by atoms with Crippen molar-refractivity contribution in [1.82, 2.24) is 19.9 Å². The minimum Gasteiger partial charge on any atom is -0.399 e. The number of aromatic nitrogens is 3. The van der Waals surface area contributed by atoms with E-state index in [0.29, 0.717) is 49.0 Å². The minimum absolute atomic E-state index is 0.0278. The number of rotatable bonds is 3. The van der Waals surface area contributed by atoms with Crippen LogP contribution in [0.2, 0.25) is 0 Å². The molecule has 2 aromatic carbocycles. The second kappa shape index (κ2) is 7.61. The molecule has 2 aromatic heterocycles. The number of amides is 1. The molecule has 1 saturated heterocycles. The van der Waals surface area contributed by atoms with Crippen molar-refractivity contribution < 1.29 is 9.53 Å². The molecular formula is C23H21N5O2. The number of anilines is 1. The lowest BCUT2D eigenvalue weighted by Gasteiger charge is -2.26. The Labute approximate surface area is 173 Å². The Bertz CT molecular complexity index is 1210. The molecule has 0 spiro atoms. The second-order valence-corrected chi connectivity index (χ2v) is 7.25. The highest BCUT2D eigenvalue weighted by Gasteiger charge is 2.19. The van der Waals surface area contributed by atoms with Crippen LogP contribution in [0.4, 0.5) is 5.69 Å². The summed E-state index contributed by atoms with van der Waals surface area (Å²) in [6, 6.07) is 17.2. The fraction of sp³-hybridized carbons (Fsp3) is 0.174. The number of hydrogen-bond acceptors (Lipinski definition) is 5. The van der Waals surface area contributed by atoms with E-state index in [0.717, 1.165) is 22.2 Å². The van der Waals surface area contributed by atoms with E-state index in [9.17, 15) is 4.79 Å². The van der Waals surface area contributed by atoms with Gasteiger partial charge in [0.2, 0.25) is 0 Å². The molecule has 5 rings (SSSR count). The first-order valence-corrected chi connectivity index (χ1v) is 9.87. The summed E-state index contributed by atoms with van der Waals surface area (Å²) < 4.78 is 5.32. The van der Waals surface area contributed by atoms with Gasteiger partial charge in [0.05, 0.1) is 18.7 Å². The Morgan fingerprint density at radius 1 is 1.03 bits per heavy atom. The first kappa shape index (κ1) is 18.3. The van der Waals surface area contributed by atoms with Crippen molar-refractivity contribution in [3.63, 3.8) is 0 Å². The standard InChI is InChI=1S/C23H21N5O2/c24-18-3-1-2-17(14-18)19-8-9-25-22-20(19)26-21(27-22)15-4-6-16(7-5-15)23(29)28-10-12-30-13-11-28/h1-9,14H,10-13,24H2,(H,25,26,27). The summed E-state index contributed by atoms with van der Waals surface area (Å²) >= 11 is 0. The molecule has 0 atom stereocenters. The van der Waals surface area contributed by atoms with Crippen molar-refractivity contribution in [3.05, 3.63) is 66.4 Å². The first-order valence-electron chi connectivity index (χ1n) is 9.87. The average molecular weight is 399 g/mol. The van der Waals surface area contributed by atoms with Crippen molar-refractivity contribution in [1.29, 1.82) is 0 Å². The first-order chi connectivity index (χ1) is 14.7. The number of carbonyl (C=O) groups excluding carboxylic acids is 1. The third-order valence-electron chi connectivity index (χ3n) is 5.29. The zero-order valence-electron chi connectivity index (χ0n) is 16.3. The maximum absolute atomic E-state index is 12.6. The molecule has 0 radical (unpaired) electrons. The predicted molar refractivity (Wildman–Crippen MR) is 116 cm³/mol. The molecule has 7 heteroatoms. The Morgan fingerprint density at radius 3 is 2.60 bits per heavy atom. The number of benzene rings is 2. The molecule has 1 fully saturated rings. The van der Waals surface area contributed by atoms with Crippen LogP contribution in [0, 0.1) is 0 Å². The molecule has 0 aliphatic carbocycles. The monoisotopic (exact) mass is 399 g/mol. The topological polar surface area (TPSA) is 97.1 Å². The summed E-state index contributed by atoms with van der Waals surface area (Å²) in [5.41, 5.74) is 11.7. The van der Waals surface area contributed by atoms with Crippen molar-refractivity contribution in [2.24, 2.45) is 0 Å². The van der Waals surface area contributed by atoms with Crippen LogP contribution in [0.3, 0.4) is 0 Å². The van der Waals surface area contributed by atoms with Crippen molar-refractivity contribution in [3.8, 4) is 22.5 Å². The van der Waals surface area contributed by atoms with Gasteiger partial charge < -0.3 is 20.4 Å². The highest BCUT2D eigenvalue weighted by molar-refractivity contribution is 5.95. The predicted octanol–water partition coefficient (Wildman–Crippen LogP) is 3.35. The molecule has 1 aliphatic rings. The molecule has 7 nitrogen and oxygen atoms in total. The lowest BCUT2D eigenvalue weighted by Crippen LogP contribution is -2.40. The lowest BCUT2D eigenvalue weighted by atomic mass is 10.1. The maximum atomic E-state index is 12.6. The van der Waals surface area contributed by atoms with E-state index in [1.54, 1.807) is 6.20 Å². The zero-order valence-corrected chi connectivity index (χ0v) is 16.3. The Morgan fingerprint density at radius 2 is 1.83 bits per heavy atom. The quantitative estimate of drug-likeness (QED) is 0.515. The second-order valence-electron chi connectivity index (χ2n) is 7.25. The number of ether oxygens (including phenoxy) is 1. The van der Waals surface area contributed by atoms with Crippen LogP contribution in [0.15, 0.2) is 60.8 Å². The van der Waals surface area contributed by atoms with Crippen LogP contribution in [0.5, 0.6) is 0 Å². The van der Waals surface area contributed by atoms with Gasteiger partial charge in [-0.1, -0.05) is 24.3 Å². The van der Waals surface area contributed by atoms with Crippen LogP contribution < -0.4 is 5.73 Å². The summed E-state index contributed by atoms with van der Waals surface area (Å²) in [7, 11) is 0. The van der Waals surface area contributed by atoms with Crippen LogP contribution in [-0.4, -0.2) is 52.1 Å². The van der Waals surface area contributed by atoms with Gasteiger partial charge in [0, 0.05) is 41.7 Å². The number of fused-ring (bicyclic) bond motifs is 1. The number of nitrogens with one attached hydrogen (secondary N) is 1. The van der Waals surface area contributed by atoms with E-state index >= 15 is 0 Å². The normalized spacial score (nSPS) is 14.2. The van der Waals surface area contributed by atoms with Crippen molar-refractivity contribution in [2.45, 2.75) is 0 Å². The van der Waals surface area contributed by atoms with Gasteiger partial charge in [-0.3, -0.25) is 4.79 Å². The Hall–Kier alpha value is -3.71. The van der Waals surface area contributed by atoms with Gasteiger partial charge in [0.1, 0.15) is 5.82 Å². The molecule has 3 heterocycles. The molecular weight excluding hydrogens is 378 g/mol. The van der Waals surface area contributed by atoms with E-state index < -0.39 is 0 Å². The third-order valence-corrected chi connectivity index (χ3v) is 5.29. The molecule has 30 heavy (non-hydrogen) atoms. The number of nitrogen functional groups attached to an aromatic ring is 1. The van der Waals surface area contributed by atoms with Crippen LogP contribution in [-0.2, 0) is 4.74 Å². The molecule has 4 aromatic rings. The van der Waals surface area contributed by atoms with Gasteiger partial charge in [-0.2, -0.15) is 0 Å². The number of imidazole rings is 1. The SMILES string of the molecule is Nc1cccc(-c2ccnc3nc(-c4ccc(C(=O)N5CCOCC5)cc4)[nH]c23)c1. The Balaban J connectivity index is 1.46. The smallest absolute Gasteiger partial charge is 0.254 e. The fourth-order valence-electron chi connectivity index (χ4n) is 3.71. The van der Waals surface area contributed by atoms with E-state index in [4.69, 9.17) is 10.5 Å². The van der Waals surface area contributed by atoms with Gasteiger partial charge >= 0.3 is 0 Å². The number of pyridine rings is 1. The van der Waals surface area contributed by atoms with E-state index in [1.807, 2.05) is 59.5 Å². The zero-order chi connectivity index (χ0) is 20.5. The van der Waals surface area contributed by atoms with Crippen LogP contribution in [0.1, 0.15) is 10.4 Å². The molecule has 1 amide bonds. The highest BCUT2D eigenvalue weighted by atomic mass is 16.5. The maximum Gasteiger partial charge on any atom is 0.254 e. The number of morpholine rings is 1. The number of nitrogens with two attached hydrogens (primary N) is 1. The van der Waals surface area contributed by atoms with Gasteiger partial charge in [-0.25, -0.2) is 9.97 Å². The number of nitrogens with zero attached hydrogens (tertiary/aromatic N) is 3. The molecule has 150 valence electrons. The summed E-state index contributed by atoms with van der Waals surface area (Å²) in [5, 5.41) is 0. The van der Waals surface area contributed by atoms with Crippen molar-refractivity contribution in [2.75, 3.05) is 32.0 Å². The Kier molecular flexibility index (Phi) is 4.65. The molecule has 1 aliphatic heterocycles. The van der Waals surface area contributed by atoms with Crippen LogP contribution >= 0.6 is 0 Å². The number of carbonyl (C=O) groups is 1. The van der Waals surface area contributed by atoms with Gasteiger partial charge in [0.25, 0.3) is 5.91 Å². The summed E-state index contributed by atoms with van der Waals surface area (Å²) in [5.74, 6) is 0.735. The molecule has 3 N–H and O–H groups in total. The van der Waals surface area contributed by atoms with Crippen molar-refractivity contribution >= 4 is 22.8 Å². The number of H-pyrrole nitrogens is 1. The minimum atomic E-state index is 0.0278. The van der Waals surface area contributed by atoms with Gasteiger partial charge in [-0.05, 0) is 35.9 Å². The van der Waals surface area contributed by atoms with Gasteiger partial charge in [-0.15, -0.1) is 0 Å². The third kappa shape index (κ3) is 3.40. The number of hydrogen-bond donors (Lipinski definition) is 2. The van der Waals surface area contributed by atoms with E-state index in [2.05, 4.69) is 15.0 Å². The summed E-state index contributed by atoms with van der Waals surface area (Å²) in [6.07, 6.45) is 1.75. The number of aromatic amines is 1.